The Morgan fingerprint density at radius 3 is 2.49 bits per heavy atom. The second-order valence-electron chi connectivity index (χ2n) is 7.58. The summed E-state index contributed by atoms with van der Waals surface area (Å²) in [6.45, 7) is 3.84. The number of aryl methyl sites for hydroxylation is 2. The predicted octanol–water partition coefficient (Wildman–Crippen LogP) is 6.34. The van der Waals surface area contributed by atoms with E-state index in [1.807, 2.05) is 50.2 Å². The smallest absolute Gasteiger partial charge is 0.406 e. The minimum absolute atomic E-state index is 0.301. The number of alkyl halides is 3. The number of aromatic nitrogens is 2. The Balaban J connectivity index is 1.37. The lowest BCUT2D eigenvalue weighted by Crippen LogP contribution is -2.23. The first-order chi connectivity index (χ1) is 16.7. The molecule has 0 fully saturated rings. The molecule has 35 heavy (non-hydrogen) atoms. The summed E-state index contributed by atoms with van der Waals surface area (Å²) in [5.41, 5.74) is 4.72. The van der Waals surface area contributed by atoms with Crippen LogP contribution in [0.5, 0.6) is 5.75 Å². The van der Waals surface area contributed by atoms with Crippen molar-refractivity contribution >= 4 is 41.0 Å². The van der Waals surface area contributed by atoms with E-state index in [9.17, 15) is 18.0 Å². The van der Waals surface area contributed by atoms with Crippen molar-refractivity contribution in [1.29, 1.82) is 0 Å². The lowest BCUT2D eigenvalue weighted by molar-refractivity contribution is -0.274. The van der Waals surface area contributed by atoms with Gasteiger partial charge >= 0.3 is 12.4 Å². The van der Waals surface area contributed by atoms with Crippen LogP contribution < -0.4 is 14.8 Å². The van der Waals surface area contributed by atoms with Crippen LogP contribution in [-0.2, 0) is 0 Å². The molecule has 2 amide bonds. The number of ether oxygens (including phenoxy) is 1. The standard InChI is InChI=1S/C24H20F3N5O2S/c1-15-4-3-5-16(2)22(15)29-23(33)31-35-28-13-17-6-7-18-14-32(30-21(18)12-17)19-8-10-20(11-9-19)34-24(25,26)27/h3-14H,1-2H3,(H2,29,31,33)/b28-13+. The summed E-state index contributed by atoms with van der Waals surface area (Å²) in [6.07, 6.45) is -1.38. The fraction of sp³-hybridized carbons (Fsp3) is 0.125. The number of nitrogens with zero attached hydrogens (tertiary/aromatic N) is 3. The lowest BCUT2D eigenvalue weighted by atomic mass is 10.1. The SMILES string of the molecule is Cc1cccc(C)c1NC(=O)NS/N=C/c1ccc2cn(-c3ccc(OC(F)(F)F)cc3)nc2c1. The molecule has 4 rings (SSSR count). The number of halogens is 3. The maximum atomic E-state index is 12.3. The Bertz CT molecular complexity index is 1360. The first-order valence-corrected chi connectivity index (χ1v) is 11.1. The van der Waals surface area contributed by atoms with E-state index in [-0.39, 0.29) is 11.8 Å². The zero-order valence-corrected chi connectivity index (χ0v) is 19.4. The fourth-order valence-electron chi connectivity index (χ4n) is 3.35. The summed E-state index contributed by atoms with van der Waals surface area (Å²) in [5, 5.41) is 8.13. The fourth-order valence-corrected chi connectivity index (χ4v) is 3.71. The normalized spacial score (nSPS) is 11.7. The maximum Gasteiger partial charge on any atom is 0.573 e. The third-order valence-electron chi connectivity index (χ3n) is 4.98. The van der Waals surface area contributed by atoms with Gasteiger partial charge in [-0.25, -0.2) is 13.9 Å². The minimum atomic E-state index is -4.74. The van der Waals surface area contributed by atoms with Gasteiger partial charge in [0.1, 0.15) is 5.75 Å². The molecule has 4 aromatic rings. The number of hydrogen-bond donors (Lipinski definition) is 2. The van der Waals surface area contributed by atoms with Gasteiger partial charge < -0.3 is 10.1 Å². The molecule has 7 nitrogen and oxygen atoms in total. The van der Waals surface area contributed by atoms with Crippen molar-refractivity contribution < 1.29 is 22.7 Å². The van der Waals surface area contributed by atoms with E-state index in [4.69, 9.17) is 0 Å². The van der Waals surface area contributed by atoms with Crippen LogP contribution in [0.2, 0.25) is 0 Å². The lowest BCUT2D eigenvalue weighted by Gasteiger charge is -2.10. The van der Waals surface area contributed by atoms with Crippen LogP contribution in [0.3, 0.4) is 0 Å². The van der Waals surface area contributed by atoms with Gasteiger partial charge in [0.15, 0.2) is 0 Å². The number of para-hydroxylation sites is 1. The Hall–Kier alpha value is -3.99. The molecule has 0 bridgehead atoms. The molecule has 2 N–H and O–H groups in total. The van der Waals surface area contributed by atoms with E-state index >= 15 is 0 Å². The van der Waals surface area contributed by atoms with Gasteiger partial charge in [0.25, 0.3) is 0 Å². The van der Waals surface area contributed by atoms with Crippen molar-refractivity contribution in [2.45, 2.75) is 20.2 Å². The third kappa shape index (κ3) is 6.33. The van der Waals surface area contributed by atoms with Crippen molar-refractivity contribution in [2.24, 2.45) is 4.40 Å². The van der Waals surface area contributed by atoms with Gasteiger partial charge in [-0.3, -0.25) is 4.72 Å². The Morgan fingerprint density at radius 1 is 1.09 bits per heavy atom. The van der Waals surface area contributed by atoms with Crippen LogP contribution in [0.15, 0.2) is 71.3 Å². The van der Waals surface area contributed by atoms with Crippen LogP contribution in [-0.4, -0.2) is 28.4 Å². The molecule has 1 heterocycles. The first-order valence-electron chi connectivity index (χ1n) is 10.4. The molecule has 0 aliphatic heterocycles. The highest BCUT2D eigenvalue weighted by atomic mass is 32.2. The number of amides is 2. The summed E-state index contributed by atoms with van der Waals surface area (Å²) in [5.74, 6) is -0.301. The average molecular weight is 500 g/mol. The van der Waals surface area contributed by atoms with E-state index in [1.54, 1.807) is 17.1 Å². The van der Waals surface area contributed by atoms with Crippen molar-refractivity contribution in [3.05, 3.63) is 83.6 Å². The van der Waals surface area contributed by atoms with E-state index in [0.717, 1.165) is 39.9 Å². The Kier molecular flexibility index (Phi) is 6.97. The molecule has 1 aromatic heterocycles. The van der Waals surface area contributed by atoms with E-state index in [2.05, 4.69) is 24.3 Å². The largest absolute Gasteiger partial charge is 0.573 e. The number of urea groups is 1. The van der Waals surface area contributed by atoms with E-state index < -0.39 is 6.36 Å². The molecule has 0 saturated heterocycles. The van der Waals surface area contributed by atoms with Crippen molar-refractivity contribution in [2.75, 3.05) is 5.32 Å². The van der Waals surface area contributed by atoms with Gasteiger partial charge in [0.05, 0.1) is 23.3 Å². The van der Waals surface area contributed by atoms with E-state index in [0.29, 0.717) is 11.2 Å². The number of fused-ring (bicyclic) bond motifs is 1. The van der Waals surface area contributed by atoms with E-state index in [1.165, 1.54) is 24.3 Å². The Labute approximate surface area is 203 Å². The molecule has 0 spiro atoms. The second-order valence-corrected chi connectivity index (χ2v) is 8.18. The molecule has 180 valence electrons. The quantitative estimate of drug-likeness (QED) is 0.240. The van der Waals surface area contributed by atoms with Crippen LogP contribution >= 0.6 is 12.1 Å². The predicted molar refractivity (Wildman–Crippen MR) is 131 cm³/mol. The monoisotopic (exact) mass is 499 g/mol. The first kappa shape index (κ1) is 24.1. The summed E-state index contributed by atoms with van der Waals surface area (Å²) in [6, 6.07) is 16.3. The Morgan fingerprint density at radius 2 is 1.80 bits per heavy atom. The zero-order chi connectivity index (χ0) is 25.0. The van der Waals surface area contributed by atoms with Crippen LogP contribution in [0.25, 0.3) is 16.6 Å². The highest BCUT2D eigenvalue weighted by Gasteiger charge is 2.31. The summed E-state index contributed by atoms with van der Waals surface area (Å²) >= 11 is 0.890. The number of rotatable bonds is 6. The van der Waals surface area contributed by atoms with Gasteiger partial charge in [-0.05, 0) is 60.9 Å². The number of anilines is 1. The molecule has 0 saturated carbocycles. The van der Waals surface area contributed by atoms with Gasteiger partial charge in [0.2, 0.25) is 0 Å². The highest BCUT2D eigenvalue weighted by molar-refractivity contribution is 7.96. The highest BCUT2D eigenvalue weighted by Crippen LogP contribution is 2.24. The van der Waals surface area contributed by atoms with Crippen molar-refractivity contribution in [3.63, 3.8) is 0 Å². The average Bonchev–Trinajstić information content (AvgIpc) is 3.22. The second kappa shape index (κ2) is 10.1. The van der Waals surface area contributed by atoms with Crippen molar-refractivity contribution in [3.8, 4) is 11.4 Å². The molecule has 0 unspecified atom stereocenters. The van der Waals surface area contributed by atoms with Crippen LogP contribution in [0, 0.1) is 13.8 Å². The zero-order valence-electron chi connectivity index (χ0n) is 18.6. The molecule has 0 radical (unpaired) electrons. The summed E-state index contributed by atoms with van der Waals surface area (Å²) in [4.78, 5) is 12.1. The molecule has 11 heteroatoms. The van der Waals surface area contributed by atoms with Gasteiger partial charge in [-0.15, -0.1) is 13.2 Å². The summed E-state index contributed by atoms with van der Waals surface area (Å²) in [7, 11) is 0. The number of hydrogen-bond acceptors (Lipinski definition) is 5. The van der Waals surface area contributed by atoms with Gasteiger partial charge in [0, 0.05) is 23.5 Å². The topological polar surface area (TPSA) is 80.5 Å². The number of nitrogens with one attached hydrogen (secondary N) is 2. The molecule has 0 atom stereocenters. The third-order valence-corrected chi connectivity index (χ3v) is 5.47. The number of benzene rings is 3. The number of carbonyl (C=O) groups excluding carboxylic acids is 1. The minimum Gasteiger partial charge on any atom is -0.406 e. The molecule has 0 aliphatic carbocycles. The molecular formula is C24H20F3N5O2S. The van der Waals surface area contributed by atoms with Gasteiger partial charge in [-0.2, -0.15) is 5.10 Å². The molecule has 0 aliphatic rings. The van der Waals surface area contributed by atoms with Crippen LogP contribution in [0.1, 0.15) is 16.7 Å². The number of carbonyl (C=O) groups is 1. The summed E-state index contributed by atoms with van der Waals surface area (Å²) < 4.78 is 49.2. The van der Waals surface area contributed by atoms with Crippen molar-refractivity contribution in [1.82, 2.24) is 14.5 Å². The van der Waals surface area contributed by atoms with Gasteiger partial charge in [-0.1, -0.05) is 30.3 Å². The van der Waals surface area contributed by atoms with Crippen LogP contribution in [0.4, 0.5) is 23.7 Å². The molecular weight excluding hydrogens is 479 g/mol. The molecule has 3 aromatic carbocycles. The maximum absolute atomic E-state index is 12.3.